The molecule has 1 aromatic heterocycles. The van der Waals surface area contributed by atoms with Gasteiger partial charge in [-0.25, -0.2) is 4.79 Å². The summed E-state index contributed by atoms with van der Waals surface area (Å²) in [4.78, 5) is 37.8. The van der Waals surface area contributed by atoms with Crippen LogP contribution in [0.2, 0.25) is 0 Å². The largest absolute Gasteiger partial charge is 0.428 e. The molecule has 0 fully saturated rings. The predicted octanol–water partition coefficient (Wildman–Crippen LogP) is 2.52. The van der Waals surface area contributed by atoms with Crippen LogP contribution in [0.5, 0.6) is 0 Å². The average molecular weight is 458 g/mol. The number of carbonyl (C=O) groups excluding carboxylic acids is 1. The van der Waals surface area contributed by atoms with Gasteiger partial charge in [0.15, 0.2) is 0 Å². The molecule has 0 saturated carbocycles. The summed E-state index contributed by atoms with van der Waals surface area (Å²) in [6.07, 6.45) is 2.69. The van der Waals surface area contributed by atoms with Crippen LogP contribution in [-0.4, -0.2) is 32.9 Å². The summed E-state index contributed by atoms with van der Waals surface area (Å²) >= 11 is 4.63. The normalized spacial score (nSPS) is 12.0. The number of benzene rings is 1. The van der Waals surface area contributed by atoms with Crippen LogP contribution in [0.25, 0.3) is 0 Å². The van der Waals surface area contributed by atoms with E-state index in [-0.39, 0.29) is 10.3 Å². The molecule has 1 N–H and O–H groups in total. The number of rotatable bonds is 9. The zero-order valence-electron chi connectivity index (χ0n) is 20.0. The third-order valence-corrected chi connectivity index (χ3v) is 6.37. The minimum absolute atomic E-state index is 0.0776. The molecular formula is C23H33BN3O4S. The van der Waals surface area contributed by atoms with Gasteiger partial charge in [0, 0.05) is 30.2 Å². The molecule has 32 heavy (non-hydrogen) atoms. The number of thiol groups is 1. The predicted molar refractivity (Wildman–Crippen MR) is 134 cm³/mol. The van der Waals surface area contributed by atoms with Crippen LogP contribution in [0.4, 0.5) is 5.69 Å². The van der Waals surface area contributed by atoms with E-state index in [1.807, 2.05) is 53.7 Å². The summed E-state index contributed by atoms with van der Waals surface area (Å²) in [6.45, 7) is 12.2. The van der Waals surface area contributed by atoms with Crippen molar-refractivity contribution in [1.29, 1.82) is 0 Å². The molecule has 1 heterocycles. The fourth-order valence-electron chi connectivity index (χ4n) is 3.05. The highest BCUT2D eigenvalue weighted by Gasteiger charge is 2.34. The Morgan fingerprint density at radius 1 is 1.19 bits per heavy atom. The lowest BCUT2D eigenvalue weighted by atomic mass is 9.80. The highest BCUT2D eigenvalue weighted by Crippen LogP contribution is 2.30. The van der Waals surface area contributed by atoms with E-state index in [4.69, 9.17) is 4.65 Å². The summed E-state index contributed by atoms with van der Waals surface area (Å²) in [5, 5.41) is 2.84. The maximum Gasteiger partial charge on any atom is 0.331 e. The maximum atomic E-state index is 13.0. The van der Waals surface area contributed by atoms with Crippen molar-refractivity contribution >= 4 is 37.2 Å². The van der Waals surface area contributed by atoms with E-state index >= 15 is 0 Å². The standard InChI is InChI=1S/C23H33BN3O4S/c1-8-13-27-14-16(20(29)26(7)21(27)30)19(28)25-18-12-10-11-17(15(18)9-2)24-31-22(3,4)23(5,6)32/h10-12,14,32H,8-9,13H2,1-7H3,(H,25,28). The van der Waals surface area contributed by atoms with Crippen LogP contribution in [0.15, 0.2) is 34.0 Å². The lowest BCUT2D eigenvalue weighted by Gasteiger charge is -2.38. The summed E-state index contributed by atoms with van der Waals surface area (Å²) in [5.41, 5.74) is 0.638. The second kappa shape index (κ2) is 10.1. The molecular weight excluding hydrogens is 425 g/mol. The van der Waals surface area contributed by atoms with E-state index < -0.39 is 22.8 Å². The zero-order valence-corrected chi connectivity index (χ0v) is 20.9. The Morgan fingerprint density at radius 2 is 1.84 bits per heavy atom. The van der Waals surface area contributed by atoms with Crippen LogP contribution >= 0.6 is 12.6 Å². The van der Waals surface area contributed by atoms with E-state index in [1.165, 1.54) is 17.8 Å². The summed E-state index contributed by atoms with van der Waals surface area (Å²) in [7, 11) is 3.07. The van der Waals surface area contributed by atoms with Crippen molar-refractivity contribution in [2.45, 2.75) is 71.3 Å². The maximum absolute atomic E-state index is 13.0. The summed E-state index contributed by atoms with van der Waals surface area (Å²) in [6, 6.07) is 5.52. The molecule has 2 aromatic rings. The number of hydrogen-bond acceptors (Lipinski definition) is 5. The van der Waals surface area contributed by atoms with Gasteiger partial charge >= 0.3 is 13.2 Å². The van der Waals surface area contributed by atoms with Crippen molar-refractivity contribution < 1.29 is 9.45 Å². The average Bonchev–Trinajstić information content (AvgIpc) is 2.71. The Balaban J connectivity index is 2.36. The molecule has 0 aliphatic heterocycles. The van der Waals surface area contributed by atoms with Gasteiger partial charge in [0.1, 0.15) is 5.56 Å². The quantitative estimate of drug-likeness (QED) is 0.447. The number of carbonyl (C=O) groups is 1. The van der Waals surface area contributed by atoms with Gasteiger partial charge in [-0.05, 0) is 57.6 Å². The molecule has 0 spiro atoms. The van der Waals surface area contributed by atoms with Gasteiger partial charge in [0.05, 0.1) is 5.60 Å². The van der Waals surface area contributed by atoms with Gasteiger partial charge in [-0.15, -0.1) is 0 Å². The molecule has 1 amide bonds. The fourth-order valence-corrected chi connectivity index (χ4v) is 3.11. The molecule has 0 aliphatic rings. The number of nitrogens with one attached hydrogen (secondary N) is 1. The minimum atomic E-state index is -0.623. The second-order valence-electron chi connectivity index (χ2n) is 8.87. The molecule has 173 valence electrons. The molecule has 1 aromatic carbocycles. The molecule has 2 rings (SSSR count). The molecule has 1 radical (unpaired) electrons. The van der Waals surface area contributed by atoms with Gasteiger partial charge in [-0.3, -0.25) is 18.7 Å². The number of aryl methyl sites for hydroxylation is 1. The van der Waals surface area contributed by atoms with Crippen molar-refractivity contribution in [2.75, 3.05) is 5.32 Å². The number of nitrogens with zero attached hydrogens (tertiary/aromatic N) is 2. The number of hydrogen-bond donors (Lipinski definition) is 2. The third-order valence-electron chi connectivity index (χ3n) is 5.83. The Hall–Kier alpha value is -2.26. The first-order valence-electron chi connectivity index (χ1n) is 10.8. The van der Waals surface area contributed by atoms with Crippen molar-refractivity contribution in [1.82, 2.24) is 9.13 Å². The van der Waals surface area contributed by atoms with E-state index in [9.17, 15) is 14.4 Å². The van der Waals surface area contributed by atoms with Crippen LogP contribution in [0.3, 0.4) is 0 Å². The van der Waals surface area contributed by atoms with Crippen molar-refractivity contribution in [3.05, 3.63) is 56.4 Å². The van der Waals surface area contributed by atoms with Crippen LogP contribution in [0.1, 0.15) is 63.9 Å². The second-order valence-corrected chi connectivity index (χ2v) is 9.99. The first kappa shape index (κ1) is 26.0. The number of anilines is 1. The Labute approximate surface area is 195 Å². The Bertz CT molecular complexity index is 1100. The van der Waals surface area contributed by atoms with Crippen LogP contribution in [0, 0.1) is 0 Å². The number of amides is 1. The zero-order chi connectivity index (χ0) is 24.3. The van der Waals surface area contributed by atoms with Crippen LogP contribution < -0.4 is 22.0 Å². The molecule has 0 bridgehead atoms. The number of aromatic nitrogens is 2. The monoisotopic (exact) mass is 458 g/mol. The molecule has 0 saturated heterocycles. The lowest BCUT2D eigenvalue weighted by molar-refractivity contribution is 0.0854. The van der Waals surface area contributed by atoms with E-state index in [0.717, 1.165) is 15.6 Å². The van der Waals surface area contributed by atoms with E-state index in [1.54, 1.807) is 13.5 Å². The van der Waals surface area contributed by atoms with Gasteiger partial charge in [0.2, 0.25) is 0 Å². The summed E-state index contributed by atoms with van der Waals surface area (Å²) < 4.78 is 8.03. The Morgan fingerprint density at radius 3 is 2.41 bits per heavy atom. The molecule has 7 nitrogen and oxygen atoms in total. The Kier molecular flexibility index (Phi) is 8.23. The highest BCUT2D eigenvalue weighted by molar-refractivity contribution is 7.81. The van der Waals surface area contributed by atoms with Crippen molar-refractivity contribution in [2.24, 2.45) is 7.05 Å². The van der Waals surface area contributed by atoms with Crippen molar-refractivity contribution in [3.8, 4) is 0 Å². The van der Waals surface area contributed by atoms with Crippen molar-refractivity contribution in [3.63, 3.8) is 0 Å². The lowest BCUT2D eigenvalue weighted by Crippen LogP contribution is -2.46. The minimum Gasteiger partial charge on any atom is -0.428 e. The summed E-state index contributed by atoms with van der Waals surface area (Å²) in [5.74, 6) is -0.556. The van der Waals surface area contributed by atoms with Gasteiger partial charge < -0.3 is 9.97 Å². The molecule has 0 unspecified atom stereocenters. The van der Waals surface area contributed by atoms with Gasteiger partial charge in [0.25, 0.3) is 11.5 Å². The molecule has 0 atom stereocenters. The first-order valence-corrected chi connectivity index (χ1v) is 11.3. The molecule has 9 heteroatoms. The third kappa shape index (κ3) is 5.56. The molecule has 0 aliphatic carbocycles. The first-order chi connectivity index (χ1) is 14.8. The van der Waals surface area contributed by atoms with Gasteiger partial charge in [-0.2, -0.15) is 12.6 Å². The van der Waals surface area contributed by atoms with Crippen LogP contribution in [-0.2, 0) is 24.7 Å². The van der Waals surface area contributed by atoms with E-state index in [0.29, 0.717) is 25.1 Å². The van der Waals surface area contributed by atoms with E-state index in [2.05, 4.69) is 17.9 Å². The SMILES string of the molecule is CCCn1cc(C(=O)Nc2cccc([B]OC(C)(C)C(C)(C)S)c2CC)c(=O)n(C)c1=O. The highest BCUT2D eigenvalue weighted by atomic mass is 32.1. The topological polar surface area (TPSA) is 82.3 Å². The smallest absolute Gasteiger partial charge is 0.331 e. The van der Waals surface area contributed by atoms with Gasteiger partial charge in [-0.1, -0.05) is 26.0 Å². The fraction of sp³-hybridized carbons (Fsp3) is 0.522.